The van der Waals surface area contributed by atoms with E-state index in [-0.39, 0.29) is 50.1 Å². The van der Waals surface area contributed by atoms with Gasteiger partial charge in [-0.15, -0.1) is 0 Å². The second kappa shape index (κ2) is 22.8. The topological polar surface area (TPSA) is 246 Å². The number of ether oxygens (including phenoxy) is 3. The fraction of sp³-hybridized carbons (Fsp3) is 0.415. The van der Waals surface area contributed by atoms with E-state index in [9.17, 15) is 32.4 Å². The number of nitrogens with one attached hydrogen (secondary N) is 5. The highest BCUT2D eigenvalue weighted by Gasteiger charge is 2.30. The lowest BCUT2D eigenvalue weighted by molar-refractivity contribution is -0.149. The maximum Gasteiger partial charge on any atom is 0.408 e. The summed E-state index contributed by atoms with van der Waals surface area (Å²) in [4.78, 5) is 69.9. The molecule has 0 saturated heterocycles. The first-order valence-corrected chi connectivity index (χ1v) is 20.4. The summed E-state index contributed by atoms with van der Waals surface area (Å²) in [6.07, 6.45) is -0.765. The van der Waals surface area contributed by atoms with Gasteiger partial charge in [-0.2, -0.15) is 0 Å². The van der Waals surface area contributed by atoms with Gasteiger partial charge < -0.3 is 41.2 Å². The Morgan fingerprint density at radius 3 is 1.88 bits per heavy atom. The van der Waals surface area contributed by atoms with Crippen LogP contribution in [0.1, 0.15) is 64.2 Å². The molecule has 0 aromatic heterocycles. The van der Waals surface area contributed by atoms with Gasteiger partial charge in [0.25, 0.3) is 10.0 Å². The Balaban J connectivity index is 1.65. The zero-order chi connectivity index (χ0) is 43.6. The summed E-state index contributed by atoms with van der Waals surface area (Å²) in [5.74, 6) is -3.33. The molecule has 0 aliphatic rings. The van der Waals surface area contributed by atoms with Crippen LogP contribution in [0, 0.1) is 6.92 Å². The van der Waals surface area contributed by atoms with Crippen molar-refractivity contribution in [3.8, 4) is 0 Å². The average molecular weight is 838 g/mol. The Kier molecular flexibility index (Phi) is 18.3. The maximum atomic E-state index is 13.5. The summed E-state index contributed by atoms with van der Waals surface area (Å²) in [5, 5.41) is 10.2. The van der Waals surface area contributed by atoms with E-state index in [2.05, 4.69) is 31.0 Å². The standard InChI is InChI=1S/C41H55N7O10S/c1-27-19-21-32(22-20-27)59(54,55)48-39(42)43-23-13-18-33(47-40(53)58-41(4,5)6)36(50)44-28(2)35(49)46-34(26-56-24-30-14-9-7-10-15-30)37(51)45-29(3)38(52)57-25-31-16-11-8-12-17-31/h7-12,14-17,19-22,28-29,33-34H,13,18,23-26H2,1-6H3,(H,44,50)(H,45,51)(H,46,49)(H,47,53)(H3,42,43,48)/t28-,29-,33+,34+/m1/s1. The number of rotatable bonds is 20. The Hall–Kier alpha value is -6.01. The third-order valence-corrected chi connectivity index (χ3v) is 9.60. The Bertz CT molecular complexity index is 1990. The van der Waals surface area contributed by atoms with Crippen molar-refractivity contribution < 1.29 is 46.6 Å². The molecule has 0 spiro atoms. The first-order valence-electron chi connectivity index (χ1n) is 18.9. The fourth-order valence-corrected chi connectivity index (χ4v) is 6.07. The number of hydrogen-bond donors (Lipinski definition) is 6. The molecule has 0 aliphatic carbocycles. The van der Waals surface area contributed by atoms with Gasteiger partial charge >= 0.3 is 12.1 Å². The lowest BCUT2D eigenvalue weighted by Gasteiger charge is -2.25. The fourth-order valence-electron chi connectivity index (χ4n) is 5.11. The summed E-state index contributed by atoms with van der Waals surface area (Å²) >= 11 is 0. The molecular formula is C41H55N7O10S. The molecule has 0 saturated carbocycles. The van der Waals surface area contributed by atoms with Crippen LogP contribution in [0.5, 0.6) is 0 Å². The summed E-state index contributed by atoms with van der Waals surface area (Å²) < 4.78 is 44.0. The predicted octanol–water partition coefficient (Wildman–Crippen LogP) is 2.72. The molecule has 18 heteroatoms. The van der Waals surface area contributed by atoms with Crippen molar-refractivity contribution >= 4 is 45.8 Å². The summed E-state index contributed by atoms with van der Waals surface area (Å²) in [7, 11) is -3.99. The number of nitrogens with two attached hydrogens (primary N) is 1. The molecule has 320 valence electrons. The second-order valence-corrected chi connectivity index (χ2v) is 16.3. The molecule has 4 atom stereocenters. The third-order valence-electron chi connectivity index (χ3n) is 8.23. The highest BCUT2D eigenvalue weighted by molar-refractivity contribution is 7.90. The van der Waals surface area contributed by atoms with Crippen molar-refractivity contribution in [1.29, 1.82) is 0 Å². The van der Waals surface area contributed by atoms with E-state index in [1.54, 1.807) is 57.2 Å². The number of guanidine groups is 1. The molecular weight excluding hydrogens is 783 g/mol. The SMILES string of the molecule is Cc1ccc(S(=O)(=O)NC(N)=NCCC[C@H](NC(=O)OC(C)(C)C)C(=O)N[C@H](C)C(=O)N[C@@H](COCc2ccccc2)C(=O)N[C@H](C)C(=O)OCc2ccccc2)cc1. The molecule has 7 N–H and O–H groups in total. The van der Waals surface area contributed by atoms with E-state index in [1.165, 1.54) is 26.0 Å². The molecule has 3 rings (SSSR count). The van der Waals surface area contributed by atoms with Crippen LogP contribution >= 0.6 is 0 Å². The van der Waals surface area contributed by atoms with Gasteiger partial charge in [0.1, 0.15) is 36.4 Å². The summed E-state index contributed by atoms with van der Waals surface area (Å²) in [6.45, 7) is 9.38. The van der Waals surface area contributed by atoms with E-state index in [4.69, 9.17) is 19.9 Å². The van der Waals surface area contributed by atoms with Gasteiger partial charge in [0, 0.05) is 6.54 Å². The second-order valence-electron chi connectivity index (χ2n) is 14.6. The minimum atomic E-state index is -3.99. The van der Waals surface area contributed by atoms with Gasteiger partial charge in [-0.25, -0.2) is 22.7 Å². The number of benzene rings is 3. The van der Waals surface area contributed by atoms with Crippen molar-refractivity contribution in [3.05, 3.63) is 102 Å². The van der Waals surface area contributed by atoms with Crippen LogP contribution in [-0.2, 0) is 56.6 Å². The minimum absolute atomic E-state index is 0.00143. The summed E-state index contributed by atoms with van der Waals surface area (Å²) in [6, 6.07) is 19.5. The third kappa shape index (κ3) is 17.6. The zero-order valence-electron chi connectivity index (χ0n) is 34.2. The van der Waals surface area contributed by atoms with Crippen molar-refractivity contribution in [2.24, 2.45) is 10.7 Å². The Morgan fingerprint density at radius 2 is 1.29 bits per heavy atom. The molecule has 0 heterocycles. The lowest BCUT2D eigenvalue weighted by atomic mass is 10.1. The van der Waals surface area contributed by atoms with Crippen LogP contribution < -0.4 is 31.7 Å². The van der Waals surface area contributed by atoms with E-state index in [1.807, 2.05) is 43.3 Å². The first kappa shape index (κ1) is 47.4. The monoisotopic (exact) mass is 837 g/mol. The zero-order valence-corrected chi connectivity index (χ0v) is 35.0. The van der Waals surface area contributed by atoms with Crippen LogP contribution in [-0.4, -0.2) is 87.1 Å². The number of aryl methyl sites for hydroxylation is 1. The summed E-state index contributed by atoms with van der Waals surface area (Å²) in [5.41, 5.74) is 7.40. The highest BCUT2D eigenvalue weighted by atomic mass is 32.2. The lowest BCUT2D eigenvalue weighted by Crippen LogP contribution is -2.58. The number of alkyl carbamates (subject to hydrolysis) is 1. The number of hydrogen-bond acceptors (Lipinski definition) is 11. The molecule has 3 aromatic rings. The van der Waals surface area contributed by atoms with Crippen molar-refractivity contribution in [3.63, 3.8) is 0 Å². The number of amides is 4. The molecule has 0 unspecified atom stereocenters. The molecule has 17 nitrogen and oxygen atoms in total. The van der Waals surface area contributed by atoms with Gasteiger partial charge in [0.2, 0.25) is 23.7 Å². The molecule has 59 heavy (non-hydrogen) atoms. The average Bonchev–Trinajstić information content (AvgIpc) is 3.17. The molecule has 4 amide bonds. The molecule has 0 bridgehead atoms. The largest absolute Gasteiger partial charge is 0.459 e. The Morgan fingerprint density at radius 1 is 0.729 bits per heavy atom. The number of carbonyl (C=O) groups excluding carboxylic acids is 5. The number of aliphatic imine (C=N–C) groups is 1. The van der Waals surface area contributed by atoms with E-state index in [0.717, 1.165) is 16.7 Å². The normalized spacial score (nSPS) is 13.8. The van der Waals surface area contributed by atoms with Crippen molar-refractivity contribution in [2.75, 3.05) is 13.2 Å². The van der Waals surface area contributed by atoms with E-state index < -0.39 is 69.6 Å². The minimum Gasteiger partial charge on any atom is -0.459 e. The number of sulfonamides is 1. The van der Waals surface area contributed by atoms with E-state index >= 15 is 0 Å². The number of carbonyl (C=O) groups is 5. The van der Waals surface area contributed by atoms with Crippen molar-refractivity contribution in [1.82, 2.24) is 26.0 Å². The molecule has 0 fully saturated rings. The van der Waals surface area contributed by atoms with Gasteiger partial charge in [0.15, 0.2) is 0 Å². The highest BCUT2D eigenvalue weighted by Crippen LogP contribution is 2.11. The quantitative estimate of drug-likeness (QED) is 0.0418. The smallest absolute Gasteiger partial charge is 0.408 e. The van der Waals surface area contributed by atoms with Crippen LogP contribution in [0.25, 0.3) is 0 Å². The van der Waals surface area contributed by atoms with Crippen LogP contribution in [0.3, 0.4) is 0 Å². The van der Waals surface area contributed by atoms with Crippen LogP contribution in [0.4, 0.5) is 4.79 Å². The number of nitrogens with zero attached hydrogens (tertiary/aromatic N) is 1. The van der Waals surface area contributed by atoms with Crippen molar-refractivity contribution in [2.45, 2.75) is 102 Å². The molecule has 3 aromatic carbocycles. The van der Waals surface area contributed by atoms with Crippen LogP contribution in [0.2, 0.25) is 0 Å². The van der Waals surface area contributed by atoms with Gasteiger partial charge in [0.05, 0.1) is 18.1 Å². The van der Waals surface area contributed by atoms with E-state index in [0.29, 0.717) is 0 Å². The van der Waals surface area contributed by atoms with Crippen LogP contribution in [0.15, 0.2) is 94.8 Å². The Labute approximate surface area is 345 Å². The maximum absolute atomic E-state index is 13.5. The van der Waals surface area contributed by atoms with Gasteiger partial charge in [-0.1, -0.05) is 78.4 Å². The molecule has 0 aliphatic heterocycles. The predicted molar refractivity (Wildman–Crippen MR) is 220 cm³/mol. The molecule has 0 radical (unpaired) electrons. The first-order chi connectivity index (χ1) is 27.8. The number of esters is 1. The van der Waals surface area contributed by atoms with Gasteiger partial charge in [-0.3, -0.25) is 19.4 Å². The van der Waals surface area contributed by atoms with Gasteiger partial charge in [-0.05, 0) is 77.6 Å².